The van der Waals surface area contributed by atoms with E-state index in [2.05, 4.69) is 12.2 Å². The Labute approximate surface area is 126 Å². The molecule has 0 heterocycles. The van der Waals surface area contributed by atoms with Crippen molar-refractivity contribution in [2.75, 3.05) is 18.9 Å². The first-order valence-corrected chi connectivity index (χ1v) is 8.37. The zero-order chi connectivity index (χ0) is 14.6. The minimum absolute atomic E-state index is 0.111. The van der Waals surface area contributed by atoms with Crippen LogP contribution in [-0.2, 0) is 4.79 Å². The molecule has 0 saturated heterocycles. The van der Waals surface area contributed by atoms with Gasteiger partial charge >= 0.3 is 0 Å². The van der Waals surface area contributed by atoms with Gasteiger partial charge in [-0.3, -0.25) is 4.79 Å². The number of benzene rings is 1. The fraction of sp³-hybridized carbons (Fsp3) is 0.562. The fourth-order valence-electron chi connectivity index (χ4n) is 1.78. The van der Waals surface area contributed by atoms with Crippen molar-refractivity contribution in [2.45, 2.75) is 44.4 Å². The van der Waals surface area contributed by atoms with E-state index in [1.54, 1.807) is 11.8 Å². The van der Waals surface area contributed by atoms with E-state index in [0.717, 1.165) is 23.6 Å². The van der Waals surface area contributed by atoms with Crippen molar-refractivity contribution in [3.05, 3.63) is 24.3 Å². The average molecular weight is 295 g/mol. The summed E-state index contributed by atoms with van der Waals surface area (Å²) in [6, 6.07) is 7.86. The van der Waals surface area contributed by atoms with Crippen molar-refractivity contribution in [1.29, 1.82) is 0 Å². The van der Waals surface area contributed by atoms with E-state index < -0.39 is 0 Å². The summed E-state index contributed by atoms with van der Waals surface area (Å²) in [7, 11) is 0. The molecule has 1 aromatic rings. The predicted molar refractivity (Wildman–Crippen MR) is 85.5 cm³/mol. The molecular weight excluding hydrogens is 270 g/mol. The molecule has 4 heteroatoms. The van der Waals surface area contributed by atoms with Crippen LogP contribution in [0.5, 0.6) is 5.75 Å². The number of hydrogen-bond acceptors (Lipinski definition) is 3. The summed E-state index contributed by atoms with van der Waals surface area (Å²) in [5.74, 6) is 1.46. The number of hydrogen-bond donors (Lipinski definition) is 1. The molecule has 1 rings (SSSR count). The minimum Gasteiger partial charge on any atom is -0.494 e. The Morgan fingerprint density at radius 2 is 1.90 bits per heavy atom. The van der Waals surface area contributed by atoms with Gasteiger partial charge in [-0.15, -0.1) is 11.8 Å². The normalized spacial score (nSPS) is 10.3. The lowest BCUT2D eigenvalue weighted by atomic mass is 10.2. The summed E-state index contributed by atoms with van der Waals surface area (Å²) in [5, 5.41) is 2.96. The first kappa shape index (κ1) is 16.9. The second kappa shape index (κ2) is 10.6. The number of amides is 1. The number of carbonyl (C=O) groups is 1. The highest BCUT2D eigenvalue weighted by Gasteiger charge is 2.02. The maximum Gasteiger partial charge on any atom is 0.230 e. The van der Waals surface area contributed by atoms with Crippen LogP contribution in [0.2, 0.25) is 0 Å². The summed E-state index contributed by atoms with van der Waals surface area (Å²) in [4.78, 5) is 12.8. The Morgan fingerprint density at radius 3 is 2.55 bits per heavy atom. The minimum atomic E-state index is 0.111. The van der Waals surface area contributed by atoms with Gasteiger partial charge in [0.25, 0.3) is 0 Å². The number of rotatable bonds is 10. The fourth-order valence-corrected chi connectivity index (χ4v) is 2.51. The first-order chi connectivity index (χ1) is 9.76. The lowest BCUT2D eigenvalue weighted by Crippen LogP contribution is -2.26. The lowest BCUT2D eigenvalue weighted by Gasteiger charge is -2.06. The Bertz CT molecular complexity index is 379. The van der Waals surface area contributed by atoms with Gasteiger partial charge in [-0.05, 0) is 37.6 Å². The molecule has 0 aliphatic carbocycles. The van der Waals surface area contributed by atoms with E-state index in [4.69, 9.17) is 4.74 Å². The third-order valence-corrected chi connectivity index (χ3v) is 3.87. The highest BCUT2D eigenvalue weighted by molar-refractivity contribution is 8.00. The zero-order valence-electron chi connectivity index (χ0n) is 12.5. The molecule has 0 aliphatic heterocycles. The van der Waals surface area contributed by atoms with Crippen molar-refractivity contribution in [1.82, 2.24) is 5.32 Å². The highest BCUT2D eigenvalue weighted by Crippen LogP contribution is 2.21. The number of carbonyl (C=O) groups excluding carboxylic acids is 1. The summed E-state index contributed by atoms with van der Waals surface area (Å²) in [5.41, 5.74) is 0. The van der Waals surface area contributed by atoms with Gasteiger partial charge < -0.3 is 10.1 Å². The molecule has 0 atom stereocenters. The van der Waals surface area contributed by atoms with Crippen molar-refractivity contribution >= 4 is 17.7 Å². The maximum atomic E-state index is 11.7. The van der Waals surface area contributed by atoms with Gasteiger partial charge in [0.15, 0.2) is 0 Å². The van der Waals surface area contributed by atoms with Gasteiger partial charge in [-0.25, -0.2) is 0 Å². The van der Waals surface area contributed by atoms with Crippen LogP contribution >= 0.6 is 11.8 Å². The van der Waals surface area contributed by atoms with Gasteiger partial charge in [0.1, 0.15) is 5.75 Å². The monoisotopic (exact) mass is 295 g/mol. The quantitative estimate of drug-likeness (QED) is 0.526. The number of nitrogens with one attached hydrogen (secondary N) is 1. The molecule has 112 valence electrons. The van der Waals surface area contributed by atoms with E-state index >= 15 is 0 Å². The van der Waals surface area contributed by atoms with Crippen LogP contribution in [-0.4, -0.2) is 24.8 Å². The van der Waals surface area contributed by atoms with Crippen molar-refractivity contribution in [3.63, 3.8) is 0 Å². The van der Waals surface area contributed by atoms with Gasteiger partial charge in [0.05, 0.1) is 12.4 Å². The van der Waals surface area contributed by atoms with E-state index in [1.165, 1.54) is 19.3 Å². The number of unbranched alkanes of at least 4 members (excludes halogenated alkanes) is 3. The molecule has 0 unspecified atom stereocenters. The third-order valence-electron chi connectivity index (χ3n) is 2.86. The highest BCUT2D eigenvalue weighted by atomic mass is 32.2. The molecule has 1 N–H and O–H groups in total. The maximum absolute atomic E-state index is 11.7. The van der Waals surface area contributed by atoms with E-state index in [9.17, 15) is 4.79 Å². The Balaban J connectivity index is 2.16. The standard InChI is InChI=1S/C16H25NO2S/c1-3-5-6-7-12-17-16(18)13-20-15-10-8-14(9-11-15)19-4-2/h8-11H,3-7,12-13H2,1-2H3,(H,17,18). The summed E-state index contributed by atoms with van der Waals surface area (Å²) >= 11 is 1.56. The molecule has 1 aromatic carbocycles. The number of thioether (sulfide) groups is 1. The Kier molecular flexibility index (Phi) is 8.96. The van der Waals surface area contributed by atoms with Crippen LogP contribution in [0, 0.1) is 0 Å². The van der Waals surface area contributed by atoms with Gasteiger partial charge in [0, 0.05) is 11.4 Å². The van der Waals surface area contributed by atoms with E-state index in [-0.39, 0.29) is 5.91 Å². The molecule has 0 radical (unpaired) electrons. The van der Waals surface area contributed by atoms with Crippen LogP contribution in [0.4, 0.5) is 0 Å². The van der Waals surface area contributed by atoms with E-state index in [0.29, 0.717) is 12.4 Å². The molecule has 0 saturated carbocycles. The van der Waals surface area contributed by atoms with Crippen molar-refractivity contribution in [2.24, 2.45) is 0 Å². The molecular formula is C16H25NO2S. The van der Waals surface area contributed by atoms with Crippen molar-refractivity contribution in [3.8, 4) is 5.75 Å². The van der Waals surface area contributed by atoms with Crippen LogP contribution in [0.1, 0.15) is 39.5 Å². The second-order valence-corrected chi connectivity index (χ2v) is 5.65. The Morgan fingerprint density at radius 1 is 1.15 bits per heavy atom. The molecule has 0 aliphatic rings. The largest absolute Gasteiger partial charge is 0.494 e. The molecule has 0 spiro atoms. The summed E-state index contributed by atoms with van der Waals surface area (Å²) in [6.07, 6.45) is 4.74. The molecule has 0 bridgehead atoms. The zero-order valence-corrected chi connectivity index (χ0v) is 13.3. The van der Waals surface area contributed by atoms with Crippen molar-refractivity contribution < 1.29 is 9.53 Å². The molecule has 20 heavy (non-hydrogen) atoms. The van der Waals surface area contributed by atoms with Crippen LogP contribution in [0.15, 0.2) is 29.2 Å². The Hall–Kier alpha value is -1.16. The average Bonchev–Trinajstić information content (AvgIpc) is 2.47. The molecule has 3 nitrogen and oxygen atoms in total. The first-order valence-electron chi connectivity index (χ1n) is 7.38. The lowest BCUT2D eigenvalue weighted by molar-refractivity contribution is -0.118. The molecule has 1 amide bonds. The number of ether oxygens (including phenoxy) is 1. The van der Waals surface area contributed by atoms with Gasteiger partial charge in [-0.2, -0.15) is 0 Å². The van der Waals surface area contributed by atoms with Gasteiger partial charge in [-0.1, -0.05) is 26.2 Å². The second-order valence-electron chi connectivity index (χ2n) is 4.60. The van der Waals surface area contributed by atoms with Crippen LogP contribution < -0.4 is 10.1 Å². The predicted octanol–water partition coefficient (Wildman–Crippen LogP) is 3.87. The third kappa shape index (κ3) is 7.43. The summed E-state index contributed by atoms with van der Waals surface area (Å²) in [6.45, 7) is 5.62. The SMILES string of the molecule is CCCCCCNC(=O)CSc1ccc(OCC)cc1. The van der Waals surface area contributed by atoms with Crippen LogP contribution in [0.3, 0.4) is 0 Å². The van der Waals surface area contributed by atoms with E-state index in [1.807, 2.05) is 31.2 Å². The topological polar surface area (TPSA) is 38.3 Å². The molecule has 0 aromatic heterocycles. The van der Waals surface area contributed by atoms with Crippen LogP contribution in [0.25, 0.3) is 0 Å². The van der Waals surface area contributed by atoms with Gasteiger partial charge in [0.2, 0.25) is 5.91 Å². The smallest absolute Gasteiger partial charge is 0.230 e. The summed E-state index contributed by atoms with van der Waals surface area (Å²) < 4.78 is 5.38. The molecule has 0 fully saturated rings.